The fourth-order valence-corrected chi connectivity index (χ4v) is 2.27. The van der Waals surface area contributed by atoms with Gasteiger partial charge in [0.25, 0.3) is 0 Å². The predicted octanol–water partition coefficient (Wildman–Crippen LogP) is 4.76. The topological polar surface area (TPSA) is 21.3 Å². The second-order valence-electron chi connectivity index (χ2n) is 5.39. The Morgan fingerprint density at radius 1 is 1.20 bits per heavy atom. The van der Waals surface area contributed by atoms with E-state index in [9.17, 15) is 8.78 Å². The lowest BCUT2D eigenvalue weighted by molar-refractivity contribution is -0.0499. The van der Waals surface area contributed by atoms with Gasteiger partial charge < -0.3 is 10.1 Å². The second kappa shape index (κ2) is 8.90. The van der Waals surface area contributed by atoms with Gasteiger partial charge in [-0.25, -0.2) is 0 Å². The molecule has 0 saturated carbocycles. The second-order valence-corrected chi connectivity index (χ2v) is 5.39. The van der Waals surface area contributed by atoms with Crippen molar-refractivity contribution < 1.29 is 13.5 Å². The van der Waals surface area contributed by atoms with Crippen molar-refractivity contribution in [2.24, 2.45) is 5.92 Å². The van der Waals surface area contributed by atoms with Crippen molar-refractivity contribution in [2.45, 2.75) is 52.7 Å². The van der Waals surface area contributed by atoms with Crippen LogP contribution in [-0.2, 0) is 0 Å². The summed E-state index contributed by atoms with van der Waals surface area (Å²) in [5.41, 5.74) is 1.01. The molecule has 0 aromatic heterocycles. The van der Waals surface area contributed by atoms with Crippen LogP contribution in [0, 0.1) is 5.92 Å². The first kappa shape index (κ1) is 16.9. The third-order valence-electron chi connectivity index (χ3n) is 3.21. The molecular formula is C16H25F2NO. The Hall–Kier alpha value is -1.16. The quantitative estimate of drug-likeness (QED) is 0.706. The number of rotatable bonds is 9. The van der Waals surface area contributed by atoms with Crippen LogP contribution < -0.4 is 10.1 Å². The monoisotopic (exact) mass is 285 g/mol. The van der Waals surface area contributed by atoms with Crippen molar-refractivity contribution >= 4 is 0 Å². The fourth-order valence-electron chi connectivity index (χ4n) is 2.27. The number of benzene rings is 1. The average Bonchev–Trinajstić information content (AvgIpc) is 2.37. The van der Waals surface area contributed by atoms with Gasteiger partial charge in [0.2, 0.25) is 0 Å². The summed E-state index contributed by atoms with van der Waals surface area (Å²) in [5, 5.41) is 3.41. The molecule has 0 fully saturated rings. The van der Waals surface area contributed by atoms with Crippen LogP contribution in [0.2, 0.25) is 0 Å². The molecule has 114 valence electrons. The van der Waals surface area contributed by atoms with Crippen LogP contribution >= 0.6 is 0 Å². The van der Waals surface area contributed by atoms with E-state index in [1.54, 1.807) is 18.2 Å². The molecule has 0 saturated heterocycles. The molecule has 1 rings (SSSR count). The lowest BCUT2D eigenvalue weighted by atomic mass is 9.98. The molecule has 1 unspecified atom stereocenters. The summed E-state index contributed by atoms with van der Waals surface area (Å²) in [6.45, 7) is 4.55. The highest BCUT2D eigenvalue weighted by atomic mass is 19.3. The van der Waals surface area contributed by atoms with E-state index in [1.165, 1.54) is 6.42 Å². The summed E-state index contributed by atoms with van der Waals surface area (Å²) in [6.07, 6.45) is 3.30. The van der Waals surface area contributed by atoms with Crippen LogP contribution in [0.4, 0.5) is 8.78 Å². The van der Waals surface area contributed by atoms with Crippen molar-refractivity contribution in [1.82, 2.24) is 5.32 Å². The van der Waals surface area contributed by atoms with Crippen molar-refractivity contribution in [1.29, 1.82) is 0 Å². The molecule has 0 spiro atoms. The molecule has 0 radical (unpaired) electrons. The molecule has 1 aromatic rings. The SMILES string of the molecule is CCNC(CCCC(C)C)c1cccc(OC(F)F)c1. The summed E-state index contributed by atoms with van der Waals surface area (Å²) in [7, 11) is 0. The maximum atomic E-state index is 12.3. The van der Waals surface area contributed by atoms with Gasteiger partial charge in [-0.3, -0.25) is 0 Å². The molecule has 1 atom stereocenters. The zero-order chi connectivity index (χ0) is 15.0. The first-order valence-electron chi connectivity index (χ1n) is 7.31. The Labute approximate surface area is 120 Å². The third kappa shape index (κ3) is 6.33. The highest BCUT2D eigenvalue weighted by molar-refractivity contribution is 5.30. The lowest BCUT2D eigenvalue weighted by Crippen LogP contribution is -2.21. The molecule has 1 N–H and O–H groups in total. The Kier molecular flexibility index (Phi) is 7.52. The number of ether oxygens (including phenoxy) is 1. The van der Waals surface area contributed by atoms with E-state index in [1.807, 2.05) is 6.07 Å². The first-order chi connectivity index (χ1) is 9.52. The third-order valence-corrected chi connectivity index (χ3v) is 3.21. The highest BCUT2D eigenvalue weighted by Gasteiger charge is 2.12. The zero-order valence-corrected chi connectivity index (χ0v) is 12.5. The van der Waals surface area contributed by atoms with E-state index >= 15 is 0 Å². The molecular weight excluding hydrogens is 260 g/mol. The molecule has 2 nitrogen and oxygen atoms in total. The van der Waals surface area contributed by atoms with Gasteiger partial charge in [-0.2, -0.15) is 8.78 Å². The van der Waals surface area contributed by atoms with Gasteiger partial charge in [0, 0.05) is 6.04 Å². The fraction of sp³-hybridized carbons (Fsp3) is 0.625. The van der Waals surface area contributed by atoms with Crippen molar-refractivity contribution in [2.75, 3.05) is 6.54 Å². The van der Waals surface area contributed by atoms with E-state index < -0.39 is 6.61 Å². The van der Waals surface area contributed by atoms with Gasteiger partial charge in [-0.15, -0.1) is 0 Å². The van der Waals surface area contributed by atoms with Crippen molar-refractivity contribution in [3.8, 4) is 5.75 Å². The molecule has 0 aliphatic carbocycles. The Balaban J connectivity index is 2.69. The largest absolute Gasteiger partial charge is 0.435 e. The average molecular weight is 285 g/mol. The highest BCUT2D eigenvalue weighted by Crippen LogP contribution is 2.25. The van der Waals surface area contributed by atoms with Crippen LogP contribution in [0.5, 0.6) is 5.75 Å². The molecule has 0 amide bonds. The van der Waals surface area contributed by atoms with Crippen LogP contribution in [-0.4, -0.2) is 13.2 Å². The molecule has 0 aliphatic rings. The molecule has 1 aromatic carbocycles. The lowest BCUT2D eigenvalue weighted by Gasteiger charge is -2.19. The number of alkyl halides is 2. The van der Waals surface area contributed by atoms with Gasteiger partial charge in [-0.05, 0) is 36.6 Å². The Morgan fingerprint density at radius 2 is 1.95 bits per heavy atom. The van der Waals surface area contributed by atoms with Crippen LogP contribution in [0.15, 0.2) is 24.3 Å². The Morgan fingerprint density at radius 3 is 2.55 bits per heavy atom. The van der Waals surface area contributed by atoms with Crippen molar-refractivity contribution in [3.63, 3.8) is 0 Å². The number of halogens is 2. The van der Waals surface area contributed by atoms with Gasteiger partial charge >= 0.3 is 6.61 Å². The molecule has 0 aliphatic heterocycles. The van der Waals surface area contributed by atoms with Crippen LogP contribution in [0.3, 0.4) is 0 Å². The minimum Gasteiger partial charge on any atom is -0.435 e. The maximum Gasteiger partial charge on any atom is 0.387 e. The van der Waals surface area contributed by atoms with Gasteiger partial charge in [0.1, 0.15) is 5.75 Å². The standard InChI is InChI=1S/C16H25F2NO/c1-4-19-15(10-5-7-12(2)3)13-8-6-9-14(11-13)20-16(17)18/h6,8-9,11-12,15-16,19H,4-5,7,10H2,1-3H3. The van der Waals surface area contributed by atoms with Crippen molar-refractivity contribution in [3.05, 3.63) is 29.8 Å². The minimum atomic E-state index is -2.77. The van der Waals surface area contributed by atoms with Crippen LogP contribution in [0.25, 0.3) is 0 Å². The van der Waals surface area contributed by atoms with E-state index in [-0.39, 0.29) is 11.8 Å². The summed E-state index contributed by atoms with van der Waals surface area (Å²) >= 11 is 0. The predicted molar refractivity (Wildman–Crippen MR) is 78.2 cm³/mol. The van der Waals surface area contributed by atoms with E-state index in [4.69, 9.17) is 0 Å². The van der Waals surface area contributed by atoms with E-state index in [0.29, 0.717) is 5.92 Å². The van der Waals surface area contributed by atoms with Gasteiger partial charge in [-0.1, -0.05) is 45.7 Å². The number of hydrogen-bond donors (Lipinski definition) is 1. The minimum absolute atomic E-state index is 0.194. The summed E-state index contributed by atoms with van der Waals surface area (Å²) in [6, 6.07) is 7.18. The number of nitrogens with one attached hydrogen (secondary N) is 1. The molecule has 4 heteroatoms. The zero-order valence-electron chi connectivity index (χ0n) is 12.5. The van der Waals surface area contributed by atoms with Crippen LogP contribution in [0.1, 0.15) is 51.6 Å². The number of hydrogen-bond acceptors (Lipinski definition) is 2. The van der Waals surface area contributed by atoms with E-state index in [0.717, 1.165) is 24.9 Å². The van der Waals surface area contributed by atoms with Gasteiger partial charge in [0.15, 0.2) is 0 Å². The smallest absolute Gasteiger partial charge is 0.387 e. The normalized spacial score (nSPS) is 12.9. The molecule has 0 heterocycles. The molecule has 0 bridgehead atoms. The summed E-state index contributed by atoms with van der Waals surface area (Å²) in [5.74, 6) is 0.912. The first-order valence-corrected chi connectivity index (χ1v) is 7.31. The maximum absolute atomic E-state index is 12.3. The van der Waals surface area contributed by atoms with E-state index in [2.05, 4.69) is 30.8 Å². The summed E-state index contributed by atoms with van der Waals surface area (Å²) in [4.78, 5) is 0. The van der Waals surface area contributed by atoms with Gasteiger partial charge in [0.05, 0.1) is 0 Å². The molecule has 20 heavy (non-hydrogen) atoms. The Bertz CT molecular complexity index is 382. The summed E-state index contributed by atoms with van der Waals surface area (Å²) < 4.78 is 29.0.